The van der Waals surface area contributed by atoms with Crippen LogP contribution in [0, 0.1) is 19.8 Å². The number of amides is 1. The van der Waals surface area contributed by atoms with Gasteiger partial charge in [0.15, 0.2) is 0 Å². The number of nitrogens with two attached hydrogens (primary N) is 1. The van der Waals surface area contributed by atoms with Crippen LogP contribution < -0.4 is 11.1 Å². The molecule has 1 aromatic rings. The molecule has 0 fully saturated rings. The van der Waals surface area contributed by atoms with E-state index in [0.717, 1.165) is 5.69 Å². The maximum atomic E-state index is 12.1. The van der Waals surface area contributed by atoms with Crippen molar-refractivity contribution in [1.29, 1.82) is 0 Å². The van der Waals surface area contributed by atoms with Gasteiger partial charge in [-0.05, 0) is 25.8 Å². The molecule has 5 heteroatoms. The summed E-state index contributed by atoms with van der Waals surface area (Å²) in [4.78, 5) is 12.1. The third kappa shape index (κ3) is 3.49. The molecule has 0 aliphatic rings. The van der Waals surface area contributed by atoms with Crippen LogP contribution in [0.5, 0.6) is 0 Å². The molecule has 0 radical (unpaired) electrons. The fraction of sp³-hybridized carbons (Fsp3) is 0.583. The molecular formula is C12H20N4O. The molecule has 1 atom stereocenters. The molecule has 0 spiro atoms. The van der Waals surface area contributed by atoms with E-state index in [1.807, 2.05) is 20.8 Å². The van der Waals surface area contributed by atoms with E-state index in [0.29, 0.717) is 23.7 Å². The lowest BCUT2D eigenvalue weighted by atomic mass is 10.0. The summed E-state index contributed by atoms with van der Waals surface area (Å²) < 4.78 is 0. The summed E-state index contributed by atoms with van der Waals surface area (Å²) >= 11 is 0. The van der Waals surface area contributed by atoms with Crippen LogP contribution in [-0.4, -0.2) is 28.7 Å². The molecule has 0 saturated carbocycles. The average molecular weight is 236 g/mol. The standard InChI is InChI=1S/C12H20N4O/c1-7(2)11(6-13)14-12(17)10-5-8(3)15-16-9(10)4/h5,7,11H,6,13H2,1-4H3,(H,14,17). The van der Waals surface area contributed by atoms with Crippen molar-refractivity contribution in [2.45, 2.75) is 33.7 Å². The van der Waals surface area contributed by atoms with Gasteiger partial charge in [0.05, 0.1) is 17.0 Å². The number of hydrogen-bond acceptors (Lipinski definition) is 4. The second-order valence-corrected chi connectivity index (χ2v) is 4.54. The highest BCUT2D eigenvalue weighted by Gasteiger charge is 2.17. The first-order valence-corrected chi connectivity index (χ1v) is 5.77. The number of carbonyl (C=O) groups excluding carboxylic acids is 1. The van der Waals surface area contributed by atoms with Crippen LogP contribution in [0.15, 0.2) is 6.07 Å². The van der Waals surface area contributed by atoms with Gasteiger partial charge in [0.2, 0.25) is 0 Å². The van der Waals surface area contributed by atoms with Gasteiger partial charge in [-0.3, -0.25) is 4.79 Å². The molecule has 94 valence electrons. The van der Waals surface area contributed by atoms with Crippen LogP contribution >= 0.6 is 0 Å². The highest BCUT2D eigenvalue weighted by atomic mass is 16.1. The van der Waals surface area contributed by atoms with Crippen LogP contribution in [0.25, 0.3) is 0 Å². The highest BCUT2D eigenvalue weighted by molar-refractivity contribution is 5.95. The Labute approximate surface area is 102 Å². The molecule has 0 aromatic carbocycles. The molecular weight excluding hydrogens is 216 g/mol. The van der Waals surface area contributed by atoms with E-state index in [2.05, 4.69) is 15.5 Å². The number of carbonyl (C=O) groups is 1. The minimum absolute atomic E-state index is 0.0182. The summed E-state index contributed by atoms with van der Waals surface area (Å²) in [5.74, 6) is 0.171. The molecule has 1 aromatic heterocycles. The first kappa shape index (κ1) is 13.6. The van der Waals surface area contributed by atoms with Crippen molar-refractivity contribution in [3.05, 3.63) is 23.0 Å². The Morgan fingerprint density at radius 3 is 2.59 bits per heavy atom. The summed E-state index contributed by atoms with van der Waals surface area (Å²) in [5, 5.41) is 10.8. The van der Waals surface area contributed by atoms with Gasteiger partial charge < -0.3 is 11.1 Å². The van der Waals surface area contributed by atoms with Crippen LogP contribution in [0.4, 0.5) is 0 Å². The fourth-order valence-electron chi connectivity index (χ4n) is 1.52. The minimum Gasteiger partial charge on any atom is -0.348 e. The number of aromatic nitrogens is 2. The van der Waals surface area contributed by atoms with Crippen molar-refractivity contribution in [2.24, 2.45) is 11.7 Å². The van der Waals surface area contributed by atoms with Crippen molar-refractivity contribution in [1.82, 2.24) is 15.5 Å². The molecule has 1 unspecified atom stereocenters. The van der Waals surface area contributed by atoms with Gasteiger partial charge >= 0.3 is 0 Å². The van der Waals surface area contributed by atoms with E-state index in [4.69, 9.17) is 5.73 Å². The van der Waals surface area contributed by atoms with E-state index < -0.39 is 0 Å². The Hall–Kier alpha value is -1.49. The molecule has 17 heavy (non-hydrogen) atoms. The first-order valence-electron chi connectivity index (χ1n) is 5.77. The van der Waals surface area contributed by atoms with Crippen molar-refractivity contribution in [3.63, 3.8) is 0 Å². The van der Waals surface area contributed by atoms with E-state index in [1.54, 1.807) is 13.0 Å². The zero-order chi connectivity index (χ0) is 13.0. The van der Waals surface area contributed by atoms with Gasteiger partial charge in [-0.2, -0.15) is 10.2 Å². The monoisotopic (exact) mass is 236 g/mol. The largest absolute Gasteiger partial charge is 0.348 e. The zero-order valence-corrected chi connectivity index (χ0v) is 10.8. The molecule has 0 bridgehead atoms. The van der Waals surface area contributed by atoms with Crippen LogP contribution in [-0.2, 0) is 0 Å². The molecule has 0 saturated heterocycles. The maximum absolute atomic E-state index is 12.1. The Balaban J connectivity index is 2.86. The number of rotatable bonds is 4. The molecule has 5 nitrogen and oxygen atoms in total. The SMILES string of the molecule is Cc1cc(C(=O)NC(CN)C(C)C)c(C)nn1. The topological polar surface area (TPSA) is 80.9 Å². The second-order valence-electron chi connectivity index (χ2n) is 4.54. The molecule has 0 aliphatic heterocycles. The predicted molar refractivity (Wildman–Crippen MR) is 66.7 cm³/mol. The Bertz CT molecular complexity index is 403. The van der Waals surface area contributed by atoms with Crippen molar-refractivity contribution in [2.75, 3.05) is 6.54 Å². The summed E-state index contributed by atoms with van der Waals surface area (Å²) in [7, 11) is 0. The van der Waals surface area contributed by atoms with Crippen molar-refractivity contribution >= 4 is 5.91 Å². The third-order valence-electron chi connectivity index (χ3n) is 2.72. The lowest BCUT2D eigenvalue weighted by molar-refractivity contribution is 0.0926. The molecule has 1 rings (SSSR count). The van der Waals surface area contributed by atoms with E-state index in [9.17, 15) is 4.79 Å². The van der Waals surface area contributed by atoms with Gasteiger partial charge in [0.25, 0.3) is 5.91 Å². The van der Waals surface area contributed by atoms with Crippen LogP contribution in [0.2, 0.25) is 0 Å². The van der Waals surface area contributed by atoms with Crippen LogP contribution in [0.1, 0.15) is 35.6 Å². The predicted octanol–water partition coefficient (Wildman–Crippen LogP) is 0.807. The molecule has 1 amide bonds. The number of aryl methyl sites for hydroxylation is 2. The zero-order valence-electron chi connectivity index (χ0n) is 10.8. The van der Waals surface area contributed by atoms with E-state index in [1.165, 1.54) is 0 Å². The van der Waals surface area contributed by atoms with Crippen LogP contribution in [0.3, 0.4) is 0 Å². The fourth-order valence-corrected chi connectivity index (χ4v) is 1.52. The summed E-state index contributed by atoms with van der Waals surface area (Å²) in [5.41, 5.74) is 7.55. The van der Waals surface area contributed by atoms with Gasteiger partial charge in [0, 0.05) is 12.6 Å². The van der Waals surface area contributed by atoms with E-state index in [-0.39, 0.29) is 11.9 Å². The maximum Gasteiger partial charge on any atom is 0.253 e. The number of nitrogens with zero attached hydrogens (tertiary/aromatic N) is 2. The van der Waals surface area contributed by atoms with Gasteiger partial charge in [-0.25, -0.2) is 0 Å². The smallest absolute Gasteiger partial charge is 0.253 e. The first-order chi connectivity index (χ1) is 7.95. The number of hydrogen-bond donors (Lipinski definition) is 2. The average Bonchev–Trinajstić information content (AvgIpc) is 2.28. The second kappa shape index (κ2) is 5.72. The van der Waals surface area contributed by atoms with Crippen molar-refractivity contribution in [3.8, 4) is 0 Å². The summed E-state index contributed by atoms with van der Waals surface area (Å²) in [6.07, 6.45) is 0. The van der Waals surface area contributed by atoms with Gasteiger partial charge in [-0.15, -0.1) is 0 Å². The molecule has 3 N–H and O–H groups in total. The van der Waals surface area contributed by atoms with Gasteiger partial charge in [-0.1, -0.05) is 13.8 Å². The number of nitrogens with one attached hydrogen (secondary N) is 1. The van der Waals surface area contributed by atoms with E-state index >= 15 is 0 Å². The molecule has 1 heterocycles. The lowest BCUT2D eigenvalue weighted by Gasteiger charge is -2.20. The Kier molecular flexibility index (Phi) is 4.57. The minimum atomic E-state index is -0.135. The molecule has 0 aliphatic carbocycles. The lowest BCUT2D eigenvalue weighted by Crippen LogP contribution is -2.43. The third-order valence-corrected chi connectivity index (χ3v) is 2.72. The summed E-state index contributed by atoms with van der Waals surface area (Å²) in [6.45, 7) is 8.07. The van der Waals surface area contributed by atoms with Gasteiger partial charge in [0.1, 0.15) is 0 Å². The normalized spacial score (nSPS) is 12.6. The highest BCUT2D eigenvalue weighted by Crippen LogP contribution is 2.07. The Morgan fingerprint density at radius 1 is 1.41 bits per heavy atom. The summed E-state index contributed by atoms with van der Waals surface area (Å²) in [6, 6.07) is 1.72. The Morgan fingerprint density at radius 2 is 2.06 bits per heavy atom. The van der Waals surface area contributed by atoms with Crippen molar-refractivity contribution < 1.29 is 4.79 Å². The quantitative estimate of drug-likeness (QED) is 0.810.